The van der Waals surface area contributed by atoms with E-state index in [4.69, 9.17) is 9.40 Å². The van der Waals surface area contributed by atoms with Crippen LogP contribution in [-0.2, 0) is 5.21 Å². The van der Waals surface area contributed by atoms with Crippen molar-refractivity contribution in [2.24, 2.45) is 5.92 Å². The Morgan fingerprint density at radius 3 is 2.34 bits per heavy atom. The van der Waals surface area contributed by atoms with Crippen LogP contribution in [0.2, 0.25) is 0 Å². The Kier molecular flexibility index (Phi) is 4.64. The summed E-state index contributed by atoms with van der Waals surface area (Å²) in [6.07, 6.45) is 8.77. The molecule has 1 fully saturated rings. The molecular formula is C28H27B2NO. The van der Waals surface area contributed by atoms with E-state index in [1.54, 1.807) is 0 Å². The number of hydrogen-bond donors (Lipinski definition) is 0. The Morgan fingerprint density at radius 1 is 0.781 bits per heavy atom. The molecule has 0 amide bonds. The highest BCUT2D eigenvalue weighted by molar-refractivity contribution is 6.40. The van der Waals surface area contributed by atoms with Crippen LogP contribution in [0, 0.1) is 5.92 Å². The maximum Gasteiger partial charge on any atom is 0.136 e. The van der Waals surface area contributed by atoms with Crippen molar-refractivity contribution in [2.45, 2.75) is 37.3 Å². The van der Waals surface area contributed by atoms with Crippen LogP contribution in [0.25, 0.3) is 44.0 Å². The highest BCUT2D eigenvalue weighted by Gasteiger charge is 2.32. The third-order valence-corrected chi connectivity index (χ3v) is 7.77. The van der Waals surface area contributed by atoms with Crippen molar-refractivity contribution in [3.63, 3.8) is 0 Å². The van der Waals surface area contributed by atoms with Gasteiger partial charge in [0.05, 0.1) is 5.69 Å². The molecule has 32 heavy (non-hydrogen) atoms. The van der Waals surface area contributed by atoms with E-state index in [1.165, 1.54) is 53.8 Å². The first-order valence-electron chi connectivity index (χ1n) is 11.9. The Balaban J connectivity index is 1.42. The number of aromatic nitrogens is 1. The molecule has 5 aromatic rings. The number of nitrogens with zero attached hydrogens (tertiary/aromatic N) is 1. The van der Waals surface area contributed by atoms with Gasteiger partial charge in [-0.1, -0.05) is 73.2 Å². The highest BCUT2D eigenvalue weighted by atomic mass is 16.3. The first-order chi connectivity index (χ1) is 15.6. The second-order valence-electron chi connectivity index (χ2n) is 9.99. The molecule has 0 aliphatic heterocycles. The Hall–Kier alpha value is -3.00. The molecule has 0 unspecified atom stereocenters. The molecule has 3 aromatic carbocycles. The largest absolute Gasteiger partial charge is 0.456 e. The van der Waals surface area contributed by atoms with Gasteiger partial charge in [-0.2, -0.15) is 0 Å². The molecule has 0 bridgehead atoms. The fraction of sp³-hybridized carbons (Fsp3) is 0.250. The standard InChI is InChI=1S/C28H27B2NO/c29-28(30,21-8-2-1-3-9-21)22-12-13-31-25(17-22)20-10-11-23-24-14-18-6-4-5-7-19(18)15-27(24)32-26(23)16-20/h4-7,10-17,21H,1-3,8-9,29-30H2. The molecule has 1 saturated carbocycles. The summed E-state index contributed by atoms with van der Waals surface area (Å²) < 4.78 is 6.29. The lowest BCUT2D eigenvalue weighted by Gasteiger charge is -2.38. The minimum Gasteiger partial charge on any atom is -0.456 e. The second-order valence-corrected chi connectivity index (χ2v) is 9.99. The van der Waals surface area contributed by atoms with Crippen LogP contribution in [0.1, 0.15) is 37.7 Å². The van der Waals surface area contributed by atoms with Gasteiger partial charge in [-0.3, -0.25) is 4.98 Å². The topological polar surface area (TPSA) is 26.0 Å². The Labute approximate surface area is 190 Å². The van der Waals surface area contributed by atoms with Crippen molar-refractivity contribution in [3.8, 4) is 11.3 Å². The van der Waals surface area contributed by atoms with Gasteiger partial charge < -0.3 is 4.42 Å². The van der Waals surface area contributed by atoms with Crippen molar-refractivity contribution < 1.29 is 4.42 Å². The van der Waals surface area contributed by atoms with E-state index in [1.807, 2.05) is 6.20 Å². The molecule has 1 aliphatic rings. The number of hydrogen-bond acceptors (Lipinski definition) is 2. The third-order valence-electron chi connectivity index (χ3n) is 7.77. The summed E-state index contributed by atoms with van der Waals surface area (Å²) in [6.45, 7) is 0. The van der Waals surface area contributed by atoms with Crippen molar-refractivity contribution in [2.75, 3.05) is 0 Å². The zero-order valence-electron chi connectivity index (χ0n) is 18.9. The first kappa shape index (κ1) is 19.7. The van der Waals surface area contributed by atoms with Gasteiger partial charge in [0.15, 0.2) is 0 Å². The summed E-state index contributed by atoms with van der Waals surface area (Å²) in [6, 6.07) is 23.9. The summed E-state index contributed by atoms with van der Waals surface area (Å²) in [5, 5.41) is 4.95. The second kappa shape index (κ2) is 7.55. The van der Waals surface area contributed by atoms with Crippen molar-refractivity contribution in [1.29, 1.82) is 0 Å². The Morgan fingerprint density at radius 2 is 1.53 bits per heavy atom. The molecule has 0 saturated heterocycles. The summed E-state index contributed by atoms with van der Waals surface area (Å²) in [7, 11) is 4.82. The van der Waals surface area contributed by atoms with Crippen LogP contribution in [0.5, 0.6) is 0 Å². The van der Waals surface area contributed by atoms with Gasteiger partial charge in [-0.05, 0) is 53.1 Å². The van der Waals surface area contributed by atoms with E-state index in [0.717, 1.165) is 33.7 Å². The molecule has 1 aliphatic carbocycles. The van der Waals surface area contributed by atoms with Crippen LogP contribution in [0.4, 0.5) is 0 Å². The average molecular weight is 415 g/mol. The van der Waals surface area contributed by atoms with Gasteiger partial charge in [-0.15, -0.1) is 0 Å². The van der Waals surface area contributed by atoms with Gasteiger partial charge >= 0.3 is 0 Å². The van der Waals surface area contributed by atoms with Crippen LogP contribution in [0.15, 0.2) is 77.3 Å². The molecular weight excluding hydrogens is 388 g/mol. The molecule has 0 spiro atoms. The van der Waals surface area contributed by atoms with Crippen LogP contribution >= 0.6 is 0 Å². The molecule has 0 atom stereocenters. The van der Waals surface area contributed by atoms with E-state index in [2.05, 4.69) is 82.4 Å². The van der Waals surface area contributed by atoms with Crippen molar-refractivity contribution in [1.82, 2.24) is 4.98 Å². The van der Waals surface area contributed by atoms with Gasteiger partial charge in [0.25, 0.3) is 0 Å². The van der Waals surface area contributed by atoms with Crippen molar-refractivity contribution in [3.05, 3.63) is 78.5 Å². The van der Waals surface area contributed by atoms with Crippen LogP contribution < -0.4 is 0 Å². The van der Waals surface area contributed by atoms with Gasteiger partial charge in [0.1, 0.15) is 26.9 Å². The molecule has 2 nitrogen and oxygen atoms in total. The third kappa shape index (κ3) is 3.24. The fourth-order valence-electron chi connectivity index (χ4n) is 5.67. The monoisotopic (exact) mass is 415 g/mol. The van der Waals surface area contributed by atoms with Gasteiger partial charge in [-0.25, -0.2) is 0 Å². The van der Waals surface area contributed by atoms with Gasteiger partial charge in [0.2, 0.25) is 0 Å². The Bertz CT molecular complexity index is 1450. The maximum absolute atomic E-state index is 6.29. The summed E-state index contributed by atoms with van der Waals surface area (Å²) in [4.78, 5) is 4.73. The minimum absolute atomic E-state index is 0.168. The lowest BCUT2D eigenvalue weighted by atomic mass is 9.43. The lowest BCUT2D eigenvalue weighted by Crippen LogP contribution is -2.37. The number of benzene rings is 3. The normalized spacial score (nSPS) is 15.6. The molecule has 0 N–H and O–H groups in total. The van der Waals surface area contributed by atoms with Crippen molar-refractivity contribution >= 4 is 48.4 Å². The maximum atomic E-state index is 6.29. The average Bonchev–Trinajstić information content (AvgIpc) is 3.19. The zero-order chi connectivity index (χ0) is 21.7. The fourth-order valence-corrected chi connectivity index (χ4v) is 5.67. The number of rotatable bonds is 3. The molecule has 2 aromatic heterocycles. The summed E-state index contributed by atoms with van der Waals surface area (Å²) in [5.74, 6) is 0.749. The van der Waals surface area contributed by atoms with E-state index in [9.17, 15) is 0 Å². The smallest absolute Gasteiger partial charge is 0.136 e. The zero-order valence-corrected chi connectivity index (χ0v) is 18.9. The number of fused-ring (bicyclic) bond motifs is 4. The molecule has 156 valence electrons. The SMILES string of the molecule is BC(B)(c1ccnc(-c2ccc3c(c2)oc2cc4ccccc4cc23)c1)C1CCCCC1. The van der Waals surface area contributed by atoms with E-state index in [0.29, 0.717) is 0 Å². The quantitative estimate of drug-likeness (QED) is 0.348. The highest BCUT2D eigenvalue weighted by Crippen LogP contribution is 2.38. The predicted molar refractivity (Wildman–Crippen MR) is 140 cm³/mol. The summed E-state index contributed by atoms with van der Waals surface area (Å²) in [5.41, 5.74) is 5.40. The number of pyridine rings is 1. The van der Waals surface area contributed by atoms with Crippen LogP contribution in [-0.4, -0.2) is 20.7 Å². The van der Waals surface area contributed by atoms with Gasteiger partial charge in [0, 0.05) is 22.5 Å². The van der Waals surface area contributed by atoms with E-state index < -0.39 is 0 Å². The minimum atomic E-state index is 0.168. The molecule has 0 radical (unpaired) electrons. The number of furan rings is 1. The lowest BCUT2D eigenvalue weighted by molar-refractivity contribution is 0.327. The molecule has 4 heteroatoms. The van der Waals surface area contributed by atoms with E-state index >= 15 is 0 Å². The van der Waals surface area contributed by atoms with Crippen LogP contribution in [0.3, 0.4) is 0 Å². The molecule has 2 heterocycles. The predicted octanol–water partition coefficient (Wildman–Crippen LogP) is 5.80. The summed E-state index contributed by atoms with van der Waals surface area (Å²) >= 11 is 0. The van der Waals surface area contributed by atoms with E-state index in [-0.39, 0.29) is 5.21 Å². The first-order valence-corrected chi connectivity index (χ1v) is 11.9. The molecule has 6 rings (SSSR count).